The molecule has 14 heavy (non-hydrogen) atoms. The topological polar surface area (TPSA) is 37.3 Å². The molecule has 0 aromatic heterocycles. The number of hydrogen-bond acceptors (Lipinski definition) is 1. The van der Waals surface area contributed by atoms with E-state index in [-0.39, 0.29) is 17.0 Å². The molecule has 72 valence electrons. The molecular weight excluding hydrogens is 207 g/mol. The van der Waals surface area contributed by atoms with E-state index in [2.05, 4.69) is 11.8 Å². The van der Waals surface area contributed by atoms with Crippen LogP contribution in [0.4, 0.5) is 4.39 Å². The van der Waals surface area contributed by atoms with Crippen molar-refractivity contribution in [3.8, 4) is 11.8 Å². The van der Waals surface area contributed by atoms with E-state index in [0.29, 0.717) is 0 Å². The lowest BCUT2D eigenvalue weighted by molar-refractivity contribution is 0.0697. The van der Waals surface area contributed by atoms with Crippen molar-refractivity contribution in [3.63, 3.8) is 0 Å². The summed E-state index contributed by atoms with van der Waals surface area (Å²) in [5, 5.41) is 8.63. The van der Waals surface area contributed by atoms with E-state index in [1.54, 1.807) is 0 Å². The van der Waals surface area contributed by atoms with E-state index in [1.165, 1.54) is 12.1 Å². The third-order valence-corrected chi connectivity index (χ3v) is 1.64. The fourth-order valence-electron chi connectivity index (χ4n) is 0.883. The zero-order chi connectivity index (χ0) is 10.6. The van der Waals surface area contributed by atoms with Gasteiger partial charge in [-0.05, 0) is 18.2 Å². The summed E-state index contributed by atoms with van der Waals surface area (Å²) in [5.41, 5.74) is 0.0517. The highest BCUT2D eigenvalue weighted by atomic mass is 35.5. The maximum atomic E-state index is 13.0. The normalized spacial score (nSPS) is 9.00. The van der Waals surface area contributed by atoms with Crippen LogP contribution in [0.25, 0.3) is 0 Å². The molecule has 0 saturated carbocycles. The van der Waals surface area contributed by atoms with Crippen LogP contribution in [0.2, 0.25) is 0 Å². The summed E-state index contributed by atoms with van der Waals surface area (Å²) in [4.78, 5) is 10.5. The summed E-state index contributed by atoms with van der Waals surface area (Å²) in [7, 11) is 0. The average molecular weight is 213 g/mol. The number of hydrogen-bond donors (Lipinski definition) is 1. The molecule has 0 aliphatic heterocycles. The van der Waals surface area contributed by atoms with Crippen molar-refractivity contribution in [2.75, 3.05) is 5.88 Å². The molecule has 0 aliphatic rings. The summed E-state index contributed by atoms with van der Waals surface area (Å²) in [6.45, 7) is 0. The number of carboxylic acids is 1. The van der Waals surface area contributed by atoms with Gasteiger partial charge in [0, 0.05) is 0 Å². The number of benzene rings is 1. The first-order chi connectivity index (χ1) is 6.65. The van der Waals surface area contributed by atoms with Gasteiger partial charge in [0.15, 0.2) is 0 Å². The lowest BCUT2D eigenvalue weighted by atomic mass is 10.1. The number of aromatic carboxylic acids is 1. The zero-order valence-electron chi connectivity index (χ0n) is 7.05. The van der Waals surface area contributed by atoms with Crippen LogP contribution >= 0.6 is 11.6 Å². The average Bonchev–Trinajstić information content (AvgIpc) is 2.16. The number of carboxylic acid groups (broad SMARTS) is 1. The summed E-state index contributed by atoms with van der Waals surface area (Å²) in [6.07, 6.45) is 0. The van der Waals surface area contributed by atoms with E-state index in [4.69, 9.17) is 16.7 Å². The van der Waals surface area contributed by atoms with Crippen LogP contribution in [-0.4, -0.2) is 17.0 Å². The minimum atomic E-state index is -1.11. The van der Waals surface area contributed by atoms with Crippen molar-refractivity contribution in [1.82, 2.24) is 0 Å². The van der Waals surface area contributed by atoms with Gasteiger partial charge in [0.2, 0.25) is 0 Å². The minimum absolute atomic E-state index is 0.00488. The van der Waals surface area contributed by atoms with Crippen LogP contribution < -0.4 is 0 Å². The van der Waals surface area contributed by atoms with Gasteiger partial charge in [0.05, 0.1) is 17.0 Å². The van der Waals surface area contributed by atoms with Crippen molar-refractivity contribution in [2.24, 2.45) is 0 Å². The maximum absolute atomic E-state index is 13.0. The zero-order valence-corrected chi connectivity index (χ0v) is 7.81. The van der Waals surface area contributed by atoms with E-state index in [0.717, 1.165) is 6.07 Å². The Morgan fingerprint density at radius 1 is 1.57 bits per heavy atom. The molecule has 0 fully saturated rings. The molecule has 0 atom stereocenters. The summed E-state index contributed by atoms with van der Waals surface area (Å²) in [6, 6.07) is 3.43. The van der Waals surface area contributed by atoms with Crippen LogP contribution in [0.3, 0.4) is 0 Å². The second-order valence-electron chi connectivity index (χ2n) is 2.44. The Bertz CT molecular complexity index is 418. The fourth-order valence-corrected chi connectivity index (χ4v) is 0.950. The standard InChI is InChI=1S/C10H6ClFO2/c11-5-1-2-7-6-8(10(13)14)3-4-9(7)12/h3-4,6H,5H2,(H,13,14). The molecule has 2 nitrogen and oxygen atoms in total. The molecule has 1 N–H and O–H groups in total. The highest BCUT2D eigenvalue weighted by Gasteiger charge is 2.06. The van der Waals surface area contributed by atoms with Crippen molar-refractivity contribution in [2.45, 2.75) is 0 Å². The van der Waals surface area contributed by atoms with Crippen LogP contribution in [0.1, 0.15) is 15.9 Å². The van der Waals surface area contributed by atoms with Gasteiger partial charge in [0.25, 0.3) is 0 Å². The van der Waals surface area contributed by atoms with Gasteiger partial charge in [-0.2, -0.15) is 0 Å². The molecule has 0 heterocycles. The Morgan fingerprint density at radius 3 is 2.86 bits per heavy atom. The number of rotatable bonds is 1. The van der Waals surface area contributed by atoms with Crippen molar-refractivity contribution in [1.29, 1.82) is 0 Å². The first-order valence-corrected chi connectivity index (χ1v) is 4.26. The van der Waals surface area contributed by atoms with Gasteiger partial charge < -0.3 is 5.11 Å². The largest absolute Gasteiger partial charge is 0.478 e. The van der Waals surface area contributed by atoms with Gasteiger partial charge in [-0.15, -0.1) is 11.6 Å². The lowest BCUT2D eigenvalue weighted by Crippen LogP contribution is -1.97. The quantitative estimate of drug-likeness (QED) is 0.572. The molecule has 1 aromatic carbocycles. The highest BCUT2D eigenvalue weighted by Crippen LogP contribution is 2.09. The molecule has 0 amide bonds. The molecule has 0 spiro atoms. The van der Waals surface area contributed by atoms with Crippen molar-refractivity contribution >= 4 is 17.6 Å². The molecular formula is C10H6ClFO2. The number of halogens is 2. The smallest absolute Gasteiger partial charge is 0.335 e. The summed E-state index contributed by atoms with van der Waals surface area (Å²) in [5.74, 6) is 3.31. The van der Waals surface area contributed by atoms with Crippen molar-refractivity contribution < 1.29 is 14.3 Å². The molecule has 0 radical (unpaired) electrons. The Balaban J connectivity index is 3.14. The predicted octanol–water partition coefficient (Wildman–Crippen LogP) is 2.11. The van der Waals surface area contributed by atoms with Gasteiger partial charge >= 0.3 is 5.97 Å². The van der Waals surface area contributed by atoms with Crippen LogP contribution in [0, 0.1) is 17.7 Å². The van der Waals surface area contributed by atoms with Gasteiger partial charge in [0.1, 0.15) is 5.82 Å². The molecule has 1 rings (SSSR count). The molecule has 0 saturated heterocycles. The minimum Gasteiger partial charge on any atom is -0.478 e. The fraction of sp³-hybridized carbons (Fsp3) is 0.100. The van der Waals surface area contributed by atoms with Gasteiger partial charge in [-0.25, -0.2) is 9.18 Å². The number of carbonyl (C=O) groups is 1. The van der Waals surface area contributed by atoms with E-state index in [9.17, 15) is 9.18 Å². The van der Waals surface area contributed by atoms with Crippen LogP contribution in [0.15, 0.2) is 18.2 Å². The van der Waals surface area contributed by atoms with Crippen LogP contribution in [0.5, 0.6) is 0 Å². The van der Waals surface area contributed by atoms with E-state index in [1.807, 2.05) is 0 Å². The van der Waals surface area contributed by atoms with E-state index >= 15 is 0 Å². The lowest BCUT2D eigenvalue weighted by Gasteiger charge is -1.96. The first kappa shape index (κ1) is 10.6. The Hall–Kier alpha value is -1.53. The SMILES string of the molecule is O=C(O)c1ccc(F)c(C#CCCl)c1. The number of alkyl halides is 1. The Labute approximate surface area is 85.3 Å². The van der Waals surface area contributed by atoms with Crippen LogP contribution in [-0.2, 0) is 0 Å². The maximum Gasteiger partial charge on any atom is 0.335 e. The molecule has 1 aromatic rings. The van der Waals surface area contributed by atoms with E-state index < -0.39 is 11.8 Å². The predicted molar refractivity (Wildman–Crippen MR) is 51.0 cm³/mol. The Morgan fingerprint density at radius 2 is 2.29 bits per heavy atom. The summed E-state index contributed by atoms with van der Waals surface area (Å²) < 4.78 is 13.0. The Kier molecular flexibility index (Phi) is 3.49. The van der Waals surface area contributed by atoms with Gasteiger partial charge in [-0.3, -0.25) is 0 Å². The highest BCUT2D eigenvalue weighted by molar-refractivity contribution is 6.19. The molecule has 0 unspecified atom stereocenters. The third kappa shape index (κ3) is 2.48. The van der Waals surface area contributed by atoms with Gasteiger partial charge in [-0.1, -0.05) is 11.8 Å². The second-order valence-corrected chi connectivity index (χ2v) is 2.70. The monoisotopic (exact) mass is 212 g/mol. The second kappa shape index (κ2) is 4.64. The molecule has 0 bridgehead atoms. The van der Waals surface area contributed by atoms with Crippen molar-refractivity contribution in [3.05, 3.63) is 35.1 Å². The summed E-state index contributed by atoms with van der Waals surface area (Å²) >= 11 is 5.29. The first-order valence-electron chi connectivity index (χ1n) is 3.73. The molecule has 4 heteroatoms. The molecule has 0 aliphatic carbocycles. The third-order valence-electron chi connectivity index (χ3n) is 1.50.